The largest absolute Gasteiger partial charge is 0.497 e. The van der Waals surface area contributed by atoms with Gasteiger partial charge in [0.1, 0.15) is 31.0 Å². The number of benzene rings is 2. The predicted molar refractivity (Wildman–Crippen MR) is 130 cm³/mol. The zero-order valence-electron chi connectivity index (χ0n) is 21.0. The molecule has 0 unspecified atom stereocenters. The van der Waals surface area contributed by atoms with E-state index in [0.29, 0.717) is 11.3 Å². The molecule has 2 amide bonds. The first-order chi connectivity index (χ1) is 17.0. The summed E-state index contributed by atoms with van der Waals surface area (Å²) >= 11 is 0. The topological polar surface area (TPSA) is 140 Å². The minimum atomic E-state index is -1.46. The van der Waals surface area contributed by atoms with E-state index in [4.69, 9.17) is 19.3 Å². The van der Waals surface area contributed by atoms with Crippen LogP contribution in [0.4, 0.5) is 4.79 Å². The van der Waals surface area contributed by atoms with Crippen LogP contribution in [0.2, 0.25) is 0 Å². The molecule has 2 aromatic carbocycles. The number of methoxy groups -OCH3 is 1. The SMILES string of the molecule is COc1ccc(COC(=O)N[C@@H](CC(=O)O)C(=O)N[C@@H](C)C(=O)OCc2c(C)cc(C)cc2C)cc1. The number of hydrogen-bond acceptors (Lipinski definition) is 7. The highest BCUT2D eigenvalue weighted by atomic mass is 16.5. The van der Waals surface area contributed by atoms with Gasteiger partial charge >= 0.3 is 18.0 Å². The first-order valence-electron chi connectivity index (χ1n) is 11.3. The Labute approximate surface area is 209 Å². The molecule has 10 heteroatoms. The summed E-state index contributed by atoms with van der Waals surface area (Å²) in [6, 6.07) is 8.22. The van der Waals surface area contributed by atoms with Gasteiger partial charge in [-0.05, 0) is 62.1 Å². The van der Waals surface area contributed by atoms with Crippen molar-refractivity contribution in [1.29, 1.82) is 0 Å². The van der Waals surface area contributed by atoms with Crippen LogP contribution >= 0.6 is 0 Å². The van der Waals surface area contributed by atoms with Crippen LogP contribution in [0.5, 0.6) is 5.75 Å². The van der Waals surface area contributed by atoms with Crippen molar-refractivity contribution in [3.8, 4) is 5.75 Å². The van der Waals surface area contributed by atoms with Crippen LogP contribution in [0, 0.1) is 20.8 Å². The maximum Gasteiger partial charge on any atom is 0.408 e. The molecule has 10 nitrogen and oxygen atoms in total. The number of amides is 2. The Hall–Kier alpha value is -4.08. The lowest BCUT2D eigenvalue weighted by Gasteiger charge is -2.20. The first-order valence-corrected chi connectivity index (χ1v) is 11.3. The Morgan fingerprint density at radius 3 is 2.08 bits per heavy atom. The lowest BCUT2D eigenvalue weighted by Crippen LogP contribution is -2.51. The van der Waals surface area contributed by atoms with Crippen molar-refractivity contribution in [3.63, 3.8) is 0 Å². The molecular weight excluding hydrogens is 468 g/mol. The van der Waals surface area contributed by atoms with E-state index in [1.165, 1.54) is 14.0 Å². The number of carboxylic acids is 1. The van der Waals surface area contributed by atoms with Crippen molar-refractivity contribution in [2.45, 2.75) is 59.4 Å². The molecular formula is C26H32N2O8. The van der Waals surface area contributed by atoms with E-state index >= 15 is 0 Å². The Morgan fingerprint density at radius 1 is 0.917 bits per heavy atom. The van der Waals surface area contributed by atoms with Crippen LogP contribution in [0.1, 0.15) is 41.2 Å². The summed E-state index contributed by atoms with van der Waals surface area (Å²) in [5.74, 6) is -2.23. The van der Waals surface area contributed by atoms with Gasteiger partial charge in [0, 0.05) is 0 Å². The van der Waals surface area contributed by atoms with Crippen molar-refractivity contribution < 1.29 is 38.5 Å². The average Bonchev–Trinajstić information content (AvgIpc) is 2.81. The molecule has 36 heavy (non-hydrogen) atoms. The smallest absolute Gasteiger partial charge is 0.408 e. The van der Waals surface area contributed by atoms with E-state index in [1.54, 1.807) is 24.3 Å². The number of esters is 1. The van der Waals surface area contributed by atoms with Gasteiger partial charge in [-0.15, -0.1) is 0 Å². The van der Waals surface area contributed by atoms with E-state index in [-0.39, 0.29) is 13.2 Å². The average molecular weight is 501 g/mol. The molecule has 0 heterocycles. The number of rotatable bonds is 11. The highest BCUT2D eigenvalue weighted by molar-refractivity contribution is 5.92. The molecule has 3 N–H and O–H groups in total. The fraction of sp³-hybridized carbons (Fsp3) is 0.385. The molecule has 0 aliphatic heterocycles. The number of aliphatic carboxylic acids is 1. The van der Waals surface area contributed by atoms with Crippen LogP contribution in [0.25, 0.3) is 0 Å². The molecule has 0 aliphatic rings. The Kier molecular flexibility index (Phi) is 10.3. The number of carboxylic acid groups (broad SMARTS) is 1. The van der Waals surface area contributed by atoms with Gasteiger partial charge in [-0.2, -0.15) is 0 Å². The third-order valence-corrected chi connectivity index (χ3v) is 5.43. The third-order valence-electron chi connectivity index (χ3n) is 5.43. The zero-order chi connectivity index (χ0) is 26.8. The second-order valence-corrected chi connectivity index (χ2v) is 8.43. The number of carbonyl (C=O) groups excluding carboxylic acids is 3. The minimum Gasteiger partial charge on any atom is -0.497 e. The molecule has 0 aromatic heterocycles. The van der Waals surface area contributed by atoms with Crippen molar-refractivity contribution >= 4 is 23.9 Å². The van der Waals surface area contributed by atoms with Crippen LogP contribution in [0.15, 0.2) is 36.4 Å². The standard InChI is InChI=1S/C26H32N2O8/c1-15-10-16(2)21(17(3)11-15)14-35-25(32)18(4)27-24(31)22(12-23(29)30)28-26(33)36-13-19-6-8-20(34-5)9-7-19/h6-11,18,22H,12-14H2,1-5H3,(H,27,31)(H,28,33)(H,29,30)/t18-,22-/m0/s1. The maximum absolute atomic E-state index is 12.6. The van der Waals surface area contributed by atoms with Crippen LogP contribution in [-0.4, -0.2) is 48.2 Å². The van der Waals surface area contributed by atoms with E-state index in [2.05, 4.69) is 10.6 Å². The maximum atomic E-state index is 12.6. The van der Waals surface area contributed by atoms with Crippen molar-refractivity contribution in [3.05, 3.63) is 64.2 Å². The minimum absolute atomic E-state index is 0.0332. The molecule has 0 radical (unpaired) electrons. The van der Waals surface area contributed by atoms with Gasteiger partial charge in [0.05, 0.1) is 13.5 Å². The first kappa shape index (κ1) is 28.2. The van der Waals surface area contributed by atoms with E-state index < -0.39 is 42.4 Å². The second-order valence-electron chi connectivity index (χ2n) is 8.43. The molecule has 0 spiro atoms. The highest BCUT2D eigenvalue weighted by Crippen LogP contribution is 2.17. The fourth-order valence-corrected chi connectivity index (χ4v) is 3.52. The van der Waals surface area contributed by atoms with E-state index in [1.807, 2.05) is 32.9 Å². The molecule has 0 aliphatic carbocycles. The summed E-state index contributed by atoms with van der Waals surface area (Å²) in [6.45, 7) is 7.16. The monoisotopic (exact) mass is 500 g/mol. The quantitative estimate of drug-likeness (QED) is 0.400. The molecule has 0 saturated heterocycles. The molecule has 0 fully saturated rings. The summed E-state index contributed by atoms with van der Waals surface area (Å²) in [5.41, 5.74) is 4.60. The summed E-state index contributed by atoms with van der Waals surface area (Å²) in [4.78, 5) is 48.5. The molecule has 2 aromatic rings. The number of nitrogens with one attached hydrogen (secondary N) is 2. The summed E-state index contributed by atoms with van der Waals surface area (Å²) < 4.78 is 15.5. The Balaban J connectivity index is 1.92. The van der Waals surface area contributed by atoms with Crippen LogP contribution in [-0.2, 0) is 37.1 Å². The lowest BCUT2D eigenvalue weighted by atomic mass is 10.0. The second kappa shape index (κ2) is 13.1. The summed E-state index contributed by atoms with van der Waals surface area (Å²) in [5, 5.41) is 13.8. The summed E-state index contributed by atoms with van der Waals surface area (Å²) in [7, 11) is 1.53. The van der Waals surface area contributed by atoms with Crippen LogP contribution in [0.3, 0.4) is 0 Å². The fourth-order valence-electron chi connectivity index (χ4n) is 3.52. The summed E-state index contributed by atoms with van der Waals surface area (Å²) in [6.07, 6.45) is -1.68. The van der Waals surface area contributed by atoms with Gasteiger partial charge in [0.2, 0.25) is 5.91 Å². The normalized spacial score (nSPS) is 12.1. The van der Waals surface area contributed by atoms with Gasteiger partial charge in [-0.3, -0.25) is 9.59 Å². The van der Waals surface area contributed by atoms with Gasteiger partial charge in [-0.1, -0.05) is 29.8 Å². The molecule has 0 bridgehead atoms. The molecule has 2 rings (SSSR count). The number of carbonyl (C=O) groups is 4. The van der Waals surface area contributed by atoms with Gasteiger partial charge in [0.15, 0.2) is 0 Å². The lowest BCUT2D eigenvalue weighted by molar-refractivity contribution is -0.148. The van der Waals surface area contributed by atoms with Crippen molar-refractivity contribution in [1.82, 2.24) is 10.6 Å². The van der Waals surface area contributed by atoms with E-state index in [9.17, 15) is 19.2 Å². The van der Waals surface area contributed by atoms with Gasteiger partial charge < -0.3 is 30.0 Å². The Bertz CT molecular complexity index is 1070. The van der Waals surface area contributed by atoms with Crippen LogP contribution < -0.4 is 15.4 Å². The van der Waals surface area contributed by atoms with Gasteiger partial charge in [-0.25, -0.2) is 9.59 Å². The van der Waals surface area contributed by atoms with Gasteiger partial charge in [0.25, 0.3) is 0 Å². The van der Waals surface area contributed by atoms with Crippen molar-refractivity contribution in [2.24, 2.45) is 0 Å². The Morgan fingerprint density at radius 2 is 1.53 bits per heavy atom. The van der Waals surface area contributed by atoms with E-state index in [0.717, 1.165) is 22.3 Å². The molecule has 194 valence electrons. The number of alkyl carbamates (subject to hydrolysis) is 1. The number of ether oxygens (including phenoxy) is 3. The number of hydrogen-bond donors (Lipinski definition) is 3. The third kappa shape index (κ3) is 8.61. The zero-order valence-corrected chi connectivity index (χ0v) is 21.0. The number of aryl methyl sites for hydroxylation is 3. The predicted octanol–water partition coefficient (Wildman–Crippen LogP) is 2.94. The molecule has 2 atom stereocenters. The van der Waals surface area contributed by atoms with Crippen molar-refractivity contribution in [2.75, 3.05) is 7.11 Å². The molecule has 0 saturated carbocycles. The highest BCUT2D eigenvalue weighted by Gasteiger charge is 2.28.